The van der Waals surface area contributed by atoms with Crippen LogP contribution >= 0.6 is 11.8 Å². The lowest BCUT2D eigenvalue weighted by Gasteiger charge is -2.23. The molecule has 3 rings (SSSR count). The molecule has 0 aromatic heterocycles. The van der Waals surface area contributed by atoms with Gasteiger partial charge in [0.25, 0.3) is 5.91 Å². The molecule has 4 amide bonds. The van der Waals surface area contributed by atoms with E-state index in [0.717, 1.165) is 16.0 Å². The summed E-state index contributed by atoms with van der Waals surface area (Å²) in [6.07, 6.45) is -0.188. The number of ether oxygens (including phenoxy) is 1. The zero-order valence-corrected chi connectivity index (χ0v) is 17.3. The van der Waals surface area contributed by atoms with Crippen LogP contribution in [0, 0.1) is 13.8 Å². The van der Waals surface area contributed by atoms with Crippen molar-refractivity contribution < 1.29 is 23.9 Å². The largest absolute Gasteiger partial charge is 0.456 e. The molecule has 156 valence electrons. The molecule has 1 unspecified atom stereocenters. The van der Waals surface area contributed by atoms with Gasteiger partial charge in [-0.25, -0.2) is 4.79 Å². The van der Waals surface area contributed by atoms with E-state index in [1.165, 1.54) is 11.8 Å². The Kier molecular flexibility index (Phi) is 6.73. The molecular formula is C21H21N3O5S. The molecule has 0 bridgehead atoms. The summed E-state index contributed by atoms with van der Waals surface area (Å²) in [5, 5.41) is 6.78. The number of thioether (sulfide) groups is 1. The van der Waals surface area contributed by atoms with Crippen molar-refractivity contribution in [1.82, 2.24) is 5.32 Å². The third kappa shape index (κ3) is 5.38. The Hall–Kier alpha value is -3.33. The Morgan fingerprint density at radius 3 is 2.67 bits per heavy atom. The average molecular weight is 427 g/mol. The predicted octanol–water partition coefficient (Wildman–Crippen LogP) is 3.00. The molecule has 0 saturated heterocycles. The first-order chi connectivity index (χ1) is 14.3. The molecule has 1 aliphatic rings. The second kappa shape index (κ2) is 9.45. The summed E-state index contributed by atoms with van der Waals surface area (Å²) in [7, 11) is 0. The molecule has 30 heavy (non-hydrogen) atoms. The zero-order chi connectivity index (χ0) is 21.7. The smallest absolute Gasteiger partial charge is 0.325 e. The van der Waals surface area contributed by atoms with Gasteiger partial charge in [-0.1, -0.05) is 24.3 Å². The van der Waals surface area contributed by atoms with E-state index in [4.69, 9.17) is 4.74 Å². The van der Waals surface area contributed by atoms with Gasteiger partial charge in [-0.2, -0.15) is 0 Å². The maximum atomic E-state index is 12.1. The summed E-state index contributed by atoms with van der Waals surface area (Å²) in [6, 6.07) is 12.0. The fourth-order valence-electron chi connectivity index (χ4n) is 2.79. The molecule has 0 aliphatic carbocycles. The van der Waals surface area contributed by atoms with Gasteiger partial charge >= 0.3 is 12.0 Å². The minimum Gasteiger partial charge on any atom is -0.456 e. The number of carbonyl (C=O) groups excluding carboxylic acids is 4. The molecule has 8 nitrogen and oxygen atoms in total. The number of carbonyl (C=O) groups is 4. The van der Waals surface area contributed by atoms with Crippen molar-refractivity contribution in [2.45, 2.75) is 30.4 Å². The SMILES string of the molecule is Cc1cccc(NC(=O)NC(=O)COC(=O)CC2Sc3ccccc3NC2=O)c1C. The molecule has 3 N–H and O–H groups in total. The first-order valence-electron chi connectivity index (χ1n) is 9.22. The molecule has 0 fully saturated rings. The molecule has 9 heteroatoms. The summed E-state index contributed by atoms with van der Waals surface area (Å²) < 4.78 is 4.91. The second-order valence-corrected chi connectivity index (χ2v) is 7.95. The minimum absolute atomic E-state index is 0.188. The molecule has 1 heterocycles. The van der Waals surface area contributed by atoms with E-state index in [1.54, 1.807) is 18.2 Å². The van der Waals surface area contributed by atoms with Gasteiger partial charge in [0.05, 0.1) is 17.4 Å². The Labute approximate surface area is 177 Å². The number of para-hydroxylation sites is 1. The molecule has 2 aromatic rings. The fourth-order valence-corrected chi connectivity index (χ4v) is 3.88. The van der Waals surface area contributed by atoms with Crippen LogP contribution in [0.5, 0.6) is 0 Å². The van der Waals surface area contributed by atoms with Crippen molar-refractivity contribution in [1.29, 1.82) is 0 Å². The highest BCUT2D eigenvalue weighted by atomic mass is 32.2. The van der Waals surface area contributed by atoms with Gasteiger partial charge in [0, 0.05) is 10.6 Å². The van der Waals surface area contributed by atoms with Gasteiger partial charge in [0.1, 0.15) is 0 Å². The monoisotopic (exact) mass is 427 g/mol. The Bertz CT molecular complexity index is 1010. The zero-order valence-electron chi connectivity index (χ0n) is 16.5. The highest BCUT2D eigenvalue weighted by molar-refractivity contribution is 8.01. The van der Waals surface area contributed by atoms with Crippen LogP contribution in [0.25, 0.3) is 0 Å². The highest BCUT2D eigenvalue weighted by Gasteiger charge is 2.29. The fraction of sp³-hybridized carbons (Fsp3) is 0.238. The molecule has 0 radical (unpaired) electrons. The second-order valence-electron chi connectivity index (χ2n) is 6.71. The van der Waals surface area contributed by atoms with Gasteiger partial charge < -0.3 is 15.4 Å². The summed E-state index contributed by atoms with van der Waals surface area (Å²) in [4.78, 5) is 48.9. The summed E-state index contributed by atoms with van der Waals surface area (Å²) >= 11 is 1.26. The number of nitrogens with one attached hydrogen (secondary N) is 3. The Balaban J connectivity index is 1.44. The van der Waals surface area contributed by atoms with Crippen molar-refractivity contribution >= 4 is 47.0 Å². The lowest BCUT2D eigenvalue weighted by Crippen LogP contribution is -2.38. The Morgan fingerprint density at radius 1 is 1.10 bits per heavy atom. The number of rotatable bonds is 5. The highest BCUT2D eigenvalue weighted by Crippen LogP contribution is 2.36. The van der Waals surface area contributed by atoms with E-state index in [0.29, 0.717) is 11.4 Å². The molecule has 0 saturated carbocycles. The van der Waals surface area contributed by atoms with Crippen LogP contribution in [-0.4, -0.2) is 35.7 Å². The quantitative estimate of drug-likeness (QED) is 0.632. The number of aryl methyl sites for hydroxylation is 1. The van der Waals surface area contributed by atoms with Crippen LogP contribution in [0.15, 0.2) is 47.4 Å². The molecule has 0 spiro atoms. The van der Waals surface area contributed by atoms with E-state index in [9.17, 15) is 19.2 Å². The van der Waals surface area contributed by atoms with Crippen LogP contribution in [-0.2, 0) is 19.1 Å². The van der Waals surface area contributed by atoms with E-state index in [2.05, 4.69) is 16.0 Å². The van der Waals surface area contributed by atoms with Crippen molar-refractivity contribution in [2.75, 3.05) is 17.2 Å². The molecule has 1 atom stereocenters. The maximum Gasteiger partial charge on any atom is 0.325 e. The first kappa shape index (κ1) is 21.4. The van der Waals surface area contributed by atoms with Gasteiger partial charge in [-0.15, -0.1) is 11.8 Å². The van der Waals surface area contributed by atoms with Gasteiger partial charge in [-0.3, -0.25) is 19.7 Å². The van der Waals surface area contributed by atoms with Crippen LogP contribution in [0.2, 0.25) is 0 Å². The lowest BCUT2D eigenvalue weighted by molar-refractivity contribution is -0.148. The van der Waals surface area contributed by atoms with Crippen molar-refractivity contribution in [3.63, 3.8) is 0 Å². The number of amides is 4. The van der Waals surface area contributed by atoms with Crippen molar-refractivity contribution in [2.24, 2.45) is 0 Å². The average Bonchev–Trinajstić information content (AvgIpc) is 2.70. The van der Waals surface area contributed by atoms with Crippen LogP contribution in [0.3, 0.4) is 0 Å². The number of hydrogen-bond acceptors (Lipinski definition) is 6. The summed E-state index contributed by atoms with van der Waals surface area (Å²) in [5.74, 6) is -1.77. The van der Waals surface area contributed by atoms with Crippen molar-refractivity contribution in [3.8, 4) is 0 Å². The number of hydrogen-bond donors (Lipinski definition) is 3. The number of anilines is 2. The van der Waals surface area contributed by atoms with E-state index < -0.39 is 29.8 Å². The van der Waals surface area contributed by atoms with E-state index >= 15 is 0 Å². The molecular weight excluding hydrogens is 406 g/mol. The predicted molar refractivity (Wildman–Crippen MR) is 113 cm³/mol. The normalized spacial score (nSPS) is 14.9. The lowest BCUT2D eigenvalue weighted by atomic mass is 10.1. The number of imide groups is 1. The number of urea groups is 1. The van der Waals surface area contributed by atoms with E-state index in [-0.39, 0.29) is 12.3 Å². The molecule has 1 aliphatic heterocycles. The maximum absolute atomic E-state index is 12.1. The third-order valence-electron chi connectivity index (χ3n) is 4.53. The van der Waals surface area contributed by atoms with Crippen LogP contribution < -0.4 is 16.0 Å². The third-order valence-corrected chi connectivity index (χ3v) is 5.80. The van der Waals surface area contributed by atoms with Gasteiger partial charge in [-0.05, 0) is 43.2 Å². The van der Waals surface area contributed by atoms with Gasteiger partial charge in [0.2, 0.25) is 5.91 Å². The molecule has 2 aromatic carbocycles. The number of fused-ring (bicyclic) bond motifs is 1. The van der Waals surface area contributed by atoms with Gasteiger partial charge in [0.15, 0.2) is 6.61 Å². The minimum atomic E-state index is -0.766. The first-order valence-corrected chi connectivity index (χ1v) is 10.1. The standard InChI is InChI=1S/C21H21N3O5S/c1-12-6-5-8-14(13(12)2)23-21(28)24-18(25)11-29-19(26)10-17-20(27)22-15-7-3-4-9-16(15)30-17/h3-9,17H,10-11H2,1-2H3,(H,22,27)(H2,23,24,25,28). The Morgan fingerprint density at radius 2 is 1.87 bits per heavy atom. The summed E-state index contributed by atoms with van der Waals surface area (Å²) in [5.41, 5.74) is 3.17. The van der Waals surface area contributed by atoms with Crippen LogP contribution in [0.4, 0.5) is 16.2 Å². The van der Waals surface area contributed by atoms with E-state index in [1.807, 2.05) is 38.1 Å². The van der Waals surface area contributed by atoms with Crippen molar-refractivity contribution in [3.05, 3.63) is 53.6 Å². The topological polar surface area (TPSA) is 114 Å². The number of benzene rings is 2. The summed E-state index contributed by atoms with van der Waals surface area (Å²) in [6.45, 7) is 3.15. The van der Waals surface area contributed by atoms with Crippen LogP contribution in [0.1, 0.15) is 17.5 Å². The number of esters is 1.